The number of hydrogen-bond acceptors (Lipinski definition) is 3. The van der Waals surface area contributed by atoms with Crippen LogP contribution in [-0.2, 0) is 9.53 Å². The average molecular weight is 225 g/mol. The Morgan fingerprint density at radius 2 is 1.81 bits per heavy atom. The summed E-state index contributed by atoms with van der Waals surface area (Å²) in [6.45, 7) is 1.66. The fourth-order valence-electron chi connectivity index (χ4n) is 2.95. The van der Waals surface area contributed by atoms with Crippen molar-refractivity contribution in [1.82, 2.24) is 0 Å². The molecule has 2 rings (SSSR count). The minimum Gasteiger partial charge on any atom is -0.381 e. The van der Waals surface area contributed by atoms with Crippen LogP contribution in [0.4, 0.5) is 0 Å². The molecular weight excluding hydrogens is 202 g/mol. The third-order valence-electron chi connectivity index (χ3n) is 4.06. The summed E-state index contributed by atoms with van der Waals surface area (Å²) in [6, 6.07) is 0.126. The van der Waals surface area contributed by atoms with E-state index in [0.29, 0.717) is 11.7 Å². The first-order chi connectivity index (χ1) is 7.77. The first kappa shape index (κ1) is 12.1. The molecule has 0 spiro atoms. The van der Waals surface area contributed by atoms with Crippen LogP contribution in [0.3, 0.4) is 0 Å². The van der Waals surface area contributed by atoms with E-state index >= 15 is 0 Å². The molecule has 2 N–H and O–H groups in total. The topological polar surface area (TPSA) is 52.3 Å². The summed E-state index contributed by atoms with van der Waals surface area (Å²) >= 11 is 0. The number of ether oxygens (including phenoxy) is 1. The molecule has 0 bridgehead atoms. The number of carbonyl (C=O) groups is 1. The van der Waals surface area contributed by atoms with E-state index in [2.05, 4.69) is 0 Å². The Kier molecular flexibility index (Phi) is 4.36. The highest BCUT2D eigenvalue weighted by Crippen LogP contribution is 2.28. The number of rotatable bonds is 3. The zero-order chi connectivity index (χ0) is 11.4. The normalized spacial score (nSPS) is 32.6. The number of nitrogens with two attached hydrogens (primary N) is 1. The summed E-state index contributed by atoms with van der Waals surface area (Å²) in [5, 5.41) is 0. The summed E-state index contributed by atoms with van der Waals surface area (Å²) in [7, 11) is 0. The fourth-order valence-corrected chi connectivity index (χ4v) is 2.95. The Morgan fingerprint density at radius 1 is 1.12 bits per heavy atom. The predicted octanol–water partition coefficient (Wildman–Crippen LogP) is 1.89. The van der Waals surface area contributed by atoms with Crippen LogP contribution in [0.5, 0.6) is 0 Å². The Labute approximate surface area is 97.7 Å². The lowest BCUT2D eigenvalue weighted by Crippen LogP contribution is -2.39. The van der Waals surface area contributed by atoms with Crippen molar-refractivity contribution in [2.24, 2.45) is 17.6 Å². The molecule has 3 heteroatoms. The fraction of sp³-hybridized carbons (Fsp3) is 0.923. The van der Waals surface area contributed by atoms with Crippen LogP contribution < -0.4 is 5.73 Å². The summed E-state index contributed by atoms with van der Waals surface area (Å²) < 4.78 is 5.31. The van der Waals surface area contributed by atoms with E-state index in [9.17, 15) is 4.79 Å². The second-order valence-electron chi connectivity index (χ2n) is 5.28. The van der Waals surface area contributed by atoms with Gasteiger partial charge in [0, 0.05) is 31.6 Å². The number of Topliss-reactive ketones (excluding diaryl/α,β-unsaturated/α-hetero) is 1. The van der Waals surface area contributed by atoms with Crippen molar-refractivity contribution >= 4 is 5.78 Å². The van der Waals surface area contributed by atoms with Gasteiger partial charge in [-0.05, 0) is 31.6 Å². The van der Waals surface area contributed by atoms with Crippen LogP contribution in [-0.4, -0.2) is 25.0 Å². The Balaban J connectivity index is 1.81. The van der Waals surface area contributed by atoms with Crippen LogP contribution in [0.1, 0.15) is 44.9 Å². The van der Waals surface area contributed by atoms with Gasteiger partial charge in [0.15, 0.2) is 0 Å². The van der Waals surface area contributed by atoms with Crippen molar-refractivity contribution in [3.05, 3.63) is 0 Å². The van der Waals surface area contributed by atoms with Crippen molar-refractivity contribution in [2.75, 3.05) is 13.2 Å². The SMILES string of the molecule is NC1CCCCC1C(=O)CC1CCOCC1. The molecular formula is C13H23NO2. The van der Waals surface area contributed by atoms with Crippen LogP contribution in [0.2, 0.25) is 0 Å². The number of carbonyl (C=O) groups excluding carboxylic acids is 1. The second-order valence-corrected chi connectivity index (χ2v) is 5.28. The molecule has 92 valence electrons. The quantitative estimate of drug-likeness (QED) is 0.798. The van der Waals surface area contributed by atoms with E-state index in [1.54, 1.807) is 0 Å². The minimum absolute atomic E-state index is 0.126. The Morgan fingerprint density at radius 3 is 2.50 bits per heavy atom. The molecule has 0 aromatic heterocycles. The third kappa shape index (κ3) is 3.05. The van der Waals surface area contributed by atoms with Gasteiger partial charge in [0.05, 0.1) is 0 Å². The van der Waals surface area contributed by atoms with E-state index in [0.717, 1.165) is 45.3 Å². The van der Waals surface area contributed by atoms with E-state index in [4.69, 9.17) is 10.5 Å². The van der Waals surface area contributed by atoms with Gasteiger partial charge in [0.2, 0.25) is 0 Å². The zero-order valence-electron chi connectivity index (χ0n) is 9.99. The first-order valence-corrected chi connectivity index (χ1v) is 6.63. The van der Waals surface area contributed by atoms with Gasteiger partial charge in [-0.3, -0.25) is 4.79 Å². The van der Waals surface area contributed by atoms with Crippen molar-refractivity contribution in [2.45, 2.75) is 51.0 Å². The molecule has 1 saturated carbocycles. The molecule has 1 aliphatic heterocycles. The molecule has 1 saturated heterocycles. The molecule has 3 nitrogen and oxygen atoms in total. The Hall–Kier alpha value is -0.410. The highest BCUT2D eigenvalue weighted by atomic mass is 16.5. The van der Waals surface area contributed by atoms with Gasteiger partial charge in [0.25, 0.3) is 0 Å². The Bertz CT molecular complexity index is 236. The highest BCUT2D eigenvalue weighted by Gasteiger charge is 2.29. The van der Waals surface area contributed by atoms with Crippen molar-refractivity contribution in [3.63, 3.8) is 0 Å². The maximum absolute atomic E-state index is 12.2. The van der Waals surface area contributed by atoms with Crippen LogP contribution >= 0.6 is 0 Å². The van der Waals surface area contributed by atoms with E-state index in [-0.39, 0.29) is 12.0 Å². The summed E-state index contributed by atoms with van der Waals surface area (Å²) in [6.07, 6.45) is 7.26. The summed E-state index contributed by atoms with van der Waals surface area (Å²) in [5.74, 6) is 1.12. The number of hydrogen-bond donors (Lipinski definition) is 1. The van der Waals surface area contributed by atoms with Gasteiger partial charge >= 0.3 is 0 Å². The van der Waals surface area contributed by atoms with E-state index in [1.807, 2.05) is 0 Å². The molecule has 2 fully saturated rings. The van der Waals surface area contributed by atoms with Gasteiger partial charge in [0.1, 0.15) is 5.78 Å². The molecule has 0 radical (unpaired) electrons. The molecule has 1 aliphatic carbocycles. The molecule has 0 aromatic carbocycles. The first-order valence-electron chi connectivity index (χ1n) is 6.63. The monoisotopic (exact) mass is 225 g/mol. The maximum Gasteiger partial charge on any atom is 0.137 e. The molecule has 2 aliphatic rings. The van der Waals surface area contributed by atoms with Crippen molar-refractivity contribution in [3.8, 4) is 0 Å². The molecule has 16 heavy (non-hydrogen) atoms. The maximum atomic E-state index is 12.2. The van der Waals surface area contributed by atoms with Crippen molar-refractivity contribution in [1.29, 1.82) is 0 Å². The van der Waals surface area contributed by atoms with Crippen LogP contribution in [0.15, 0.2) is 0 Å². The van der Waals surface area contributed by atoms with Crippen LogP contribution in [0.25, 0.3) is 0 Å². The van der Waals surface area contributed by atoms with Gasteiger partial charge in [-0.15, -0.1) is 0 Å². The molecule has 1 heterocycles. The zero-order valence-corrected chi connectivity index (χ0v) is 9.99. The lowest BCUT2D eigenvalue weighted by molar-refractivity contribution is -0.125. The lowest BCUT2D eigenvalue weighted by Gasteiger charge is -2.29. The smallest absolute Gasteiger partial charge is 0.137 e. The summed E-state index contributed by atoms with van der Waals surface area (Å²) in [4.78, 5) is 12.2. The average Bonchev–Trinajstić information content (AvgIpc) is 2.31. The highest BCUT2D eigenvalue weighted by molar-refractivity contribution is 5.82. The van der Waals surface area contributed by atoms with E-state index < -0.39 is 0 Å². The molecule has 2 unspecified atom stereocenters. The third-order valence-corrected chi connectivity index (χ3v) is 4.06. The summed E-state index contributed by atoms with van der Waals surface area (Å²) in [5.41, 5.74) is 6.04. The van der Waals surface area contributed by atoms with Gasteiger partial charge in [-0.2, -0.15) is 0 Å². The number of ketones is 1. The second kappa shape index (κ2) is 5.78. The van der Waals surface area contributed by atoms with Crippen LogP contribution in [0, 0.1) is 11.8 Å². The predicted molar refractivity (Wildman–Crippen MR) is 63.1 cm³/mol. The lowest BCUT2D eigenvalue weighted by atomic mass is 9.79. The molecule has 0 amide bonds. The minimum atomic E-state index is 0.126. The van der Waals surface area contributed by atoms with Gasteiger partial charge < -0.3 is 10.5 Å². The van der Waals surface area contributed by atoms with Gasteiger partial charge in [-0.25, -0.2) is 0 Å². The standard InChI is InChI=1S/C13H23NO2/c14-12-4-2-1-3-11(12)13(15)9-10-5-7-16-8-6-10/h10-12H,1-9,14H2. The van der Waals surface area contributed by atoms with Crippen molar-refractivity contribution < 1.29 is 9.53 Å². The van der Waals surface area contributed by atoms with Gasteiger partial charge in [-0.1, -0.05) is 12.8 Å². The largest absolute Gasteiger partial charge is 0.381 e. The molecule has 2 atom stereocenters. The van der Waals surface area contributed by atoms with E-state index in [1.165, 1.54) is 12.8 Å². The molecule has 0 aromatic rings.